The molecule has 0 aromatic carbocycles. The van der Waals surface area contributed by atoms with Gasteiger partial charge in [-0.05, 0) is 25.7 Å². The van der Waals surface area contributed by atoms with E-state index >= 15 is 0 Å². The van der Waals surface area contributed by atoms with E-state index in [1.54, 1.807) is 0 Å². The van der Waals surface area contributed by atoms with Crippen molar-refractivity contribution in [1.29, 1.82) is 0 Å². The SMILES string of the molecule is CCC(C1CC=NO1)(N1CCCC1)N1CCCC1=O. The van der Waals surface area contributed by atoms with Crippen LogP contribution < -0.4 is 0 Å². The molecule has 0 radical (unpaired) electrons. The van der Waals surface area contributed by atoms with Gasteiger partial charge in [0.05, 0.1) is 0 Å². The Kier molecular flexibility index (Phi) is 3.48. The maximum absolute atomic E-state index is 12.3. The Balaban J connectivity index is 1.93. The van der Waals surface area contributed by atoms with Gasteiger partial charge < -0.3 is 9.74 Å². The fourth-order valence-corrected chi connectivity index (χ4v) is 3.92. The number of rotatable bonds is 4. The highest BCUT2D eigenvalue weighted by atomic mass is 16.6. The van der Waals surface area contributed by atoms with E-state index < -0.39 is 0 Å². The van der Waals surface area contributed by atoms with Crippen LogP contribution in [0, 0.1) is 0 Å². The van der Waals surface area contributed by atoms with Crippen LogP contribution in [0.3, 0.4) is 0 Å². The Morgan fingerprint density at radius 1 is 1.37 bits per heavy atom. The molecular formula is C14H23N3O2. The molecule has 3 rings (SSSR count). The predicted octanol–water partition coefficient (Wildman–Crippen LogP) is 1.59. The Hall–Kier alpha value is -1.10. The van der Waals surface area contributed by atoms with E-state index in [-0.39, 0.29) is 17.7 Å². The van der Waals surface area contributed by atoms with Crippen LogP contribution in [0.2, 0.25) is 0 Å². The van der Waals surface area contributed by atoms with Gasteiger partial charge >= 0.3 is 0 Å². The van der Waals surface area contributed by atoms with Gasteiger partial charge in [0.25, 0.3) is 0 Å². The van der Waals surface area contributed by atoms with Gasteiger partial charge in [0.2, 0.25) is 5.91 Å². The van der Waals surface area contributed by atoms with Crippen molar-refractivity contribution in [3.05, 3.63) is 0 Å². The van der Waals surface area contributed by atoms with Gasteiger partial charge in [-0.3, -0.25) is 9.69 Å². The summed E-state index contributed by atoms with van der Waals surface area (Å²) >= 11 is 0. The van der Waals surface area contributed by atoms with Gasteiger partial charge in [-0.1, -0.05) is 12.1 Å². The van der Waals surface area contributed by atoms with Crippen LogP contribution in [-0.4, -0.2) is 53.3 Å². The second kappa shape index (κ2) is 5.12. The summed E-state index contributed by atoms with van der Waals surface area (Å²) in [6, 6.07) is 0. The van der Waals surface area contributed by atoms with E-state index in [0.717, 1.165) is 38.9 Å². The van der Waals surface area contributed by atoms with Crippen molar-refractivity contribution in [2.24, 2.45) is 5.16 Å². The molecule has 1 amide bonds. The summed E-state index contributed by atoms with van der Waals surface area (Å²) in [6.45, 7) is 5.17. The first-order chi connectivity index (χ1) is 9.29. The van der Waals surface area contributed by atoms with Crippen molar-refractivity contribution in [2.75, 3.05) is 19.6 Å². The van der Waals surface area contributed by atoms with Crippen molar-refractivity contribution in [2.45, 2.75) is 57.2 Å². The second-order valence-corrected chi connectivity index (χ2v) is 5.69. The highest BCUT2D eigenvalue weighted by Gasteiger charge is 2.53. The number of hydrogen-bond donors (Lipinski definition) is 0. The first kappa shape index (κ1) is 12.9. The molecule has 5 nitrogen and oxygen atoms in total. The fourth-order valence-electron chi connectivity index (χ4n) is 3.92. The minimum absolute atomic E-state index is 0.00218. The number of likely N-dealkylation sites (tertiary alicyclic amines) is 2. The lowest BCUT2D eigenvalue weighted by atomic mass is 9.93. The van der Waals surface area contributed by atoms with Crippen molar-refractivity contribution in [3.8, 4) is 0 Å². The summed E-state index contributed by atoms with van der Waals surface area (Å²) in [5.41, 5.74) is -0.277. The molecule has 3 aliphatic heterocycles. The largest absolute Gasteiger partial charge is 0.388 e. The molecule has 3 heterocycles. The molecule has 0 aliphatic carbocycles. The van der Waals surface area contributed by atoms with Gasteiger partial charge in [-0.2, -0.15) is 0 Å². The summed E-state index contributed by atoms with van der Waals surface area (Å²) in [5.74, 6) is 0.282. The second-order valence-electron chi connectivity index (χ2n) is 5.69. The lowest BCUT2D eigenvalue weighted by molar-refractivity contribution is -0.164. The molecule has 0 N–H and O–H groups in total. The standard InChI is InChI=1S/C14H23N3O2/c1-2-14(12-7-8-15-19-12,16-9-3-4-10-16)17-11-5-6-13(17)18/h8,12H,2-7,9-11H2,1H3. The first-order valence-corrected chi connectivity index (χ1v) is 7.52. The number of oxime groups is 1. The average Bonchev–Trinajstić information content (AvgIpc) is 3.14. The van der Waals surface area contributed by atoms with Crippen LogP contribution in [0.4, 0.5) is 0 Å². The van der Waals surface area contributed by atoms with E-state index in [1.165, 1.54) is 12.8 Å². The van der Waals surface area contributed by atoms with Gasteiger partial charge in [0, 0.05) is 38.7 Å². The van der Waals surface area contributed by atoms with Crippen molar-refractivity contribution < 1.29 is 9.63 Å². The maximum Gasteiger partial charge on any atom is 0.224 e. The molecule has 2 fully saturated rings. The van der Waals surface area contributed by atoms with Crippen LogP contribution in [0.25, 0.3) is 0 Å². The molecule has 0 aromatic heterocycles. The van der Waals surface area contributed by atoms with Gasteiger partial charge in [-0.15, -0.1) is 0 Å². The molecule has 0 aromatic rings. The lowest BCUT2D eigenvalue weighted by Gasteiger charge is -2.50. The fraction of sp³-hybridized carbons (Fsp3) is 0.857. The number of carbonyl (C=O) groups is 1. The summed E-state index contributed by atoms with van der Waals surface area (Å²) in [5, 5.41) is 3.96. The first-order valence-electron chi connectivity index (χ1n) is 7.52. The lowest BCUT2D eigenvalue weighted by Crippen LogP contribution is -2.66. The number of amides is 1. The minimum Gasteiger partial charge on any atom is -0.388 e. The molecule has 106 valence electrons. The van der Waals surface area contributed by atoms with Crippen LogP contribution in [0.15, 0.2) is 5.16 Å². The Labute approximate surface area is 114 Å². The molecule has 0 spiro atoms. The zero-order valence-electron chi connectivity index (χ0n) is 11.7. The maximum atomic E-state index is 12.3. The molecule has 0 bridgehead atoms. The van der Waals surface area contributed by atoms with Crippen LogP contribution in [0.1, 0.15) is 45.4 Å². The smallest absolute Gasteiger partial charge is 0.224 e. The third-order valence-electron chi connectivity index (χ3n) is 4.81. The summed E-state index contributed by atoms with van der Waals surface area (Å²) in [7, 11) is 0. The zero-order valence-corrected chi connectivity index (χ0v) is 11.7. The van der Waals surface area contributed by atoms with Gasteiger partial charge in [-0.25, -0.2) is 0 Å². The van der Waals surface area contributed by atoms with E-state index in [9.17, 15) is 4.79 Å². The Morgan fingerprint density at radius 2 is 2.16 bits per heavy atom. The van der Waals surface area contributed by atoms with Crippen molar-refractivity contribution in [1.82, 2.24) is 9.80 Å². The molecule has 2 unspecified atom stereocenters. The highest BCUT2D eigenvalue weighted by molar-refractivity contribution is 5.79. The van der Waals surface area contributed by atoms with E-state index in [1.807, 2.05) is 6.21 Å². The molecule has 0 saturated carbocycles. The average molecular weight is 265 g/mol. The van der Waals surface area contributed by atoms with Gasteiger partial charge in [0.15, 0.2) is 6.10 Å². The third-order valence-corrected chi connectivity index (χ3v) is 4.81. The molecule has 3 aliphatic rings. The van der Waals surface area contributed by atoms with Crippen molar-refractivity contribution >= 4 is 12.1 Å². The quantitative estimate of drug-likeness (QED) is 0.775. The molecular weight excluding hydrogens is 242 g/mol. The number of nitrogens with zero attached hydrogens (tertiary/aromatic N) is 3. The molecule has 2 atom stereocenters. The Bertz CT molecular complexity index is 367. The normalized spacial score (nSPS) is 30.9. The van der Waals surface area contributed by atoms with Crippen molar-refractivity contribution in [3.63, 3.8) is 0 Å². The Morgan fingerprint density at radius 3 is 2.68 bits per heavy atom. The number of hydrogen-bond acceptors (Lipinski definition) is 4. The topological polar surface area (TPSA) is 45.1 Å². The van der Waals surface area contributed by atoms with Crippen LogP contribution in [-0.2, 0) is 9.63 Å². The zero-order chi connectivity index (χ0) is 13.3. The van der Waals surface area contributed by atoms with E-state index in [4.69, 9.17) is 4.84 Å². The number of carbonyl (C=O) groups excluding carboxylic acids is 1. The summed E-state index contributed by atoms with van der Waals surface area (Å²) < 4.78 is 0. The molecule has 5 heteroatoms. The highest BCUT2D eigenvalue weighted by Crippen LogP contribution is 2.38. The van der Waals surface area contributed by atoms with E-state index in [0.29, 0.717) is 6.42 Å². The summed E-state index contributed by atoms with van der Waals surface area (Å²) in [4.78, 5) is 22.5. The van der Waals surface area contributed by atoms with Crippen LogP contribution in [0.5, 0.6) is 0 Å². The monoisotopic (exact) mass is 265 g/mol. The molecule has 2 saturated heterocycles. The van der Waals surface area contributed by atoms with Crippen LogP contribution >= 0.6 is 0 Å². The van der Waals surface area contributed by atoms with Gasteiger partial charge in [0.1, 0.15) is 5.66 Å². The predicted molar refractivity (Wildman–Crippen MR) is 72.8 cm³/mol. The minimum atomic E-state index is -0.277. The van der Waals surface area contributed by atoms with E-state index in [2.05, 4.69) is 21.9 Å². The third kappa shape index (κ3) is 1.95. The molecule has 19 heavy (non-hydrogen) atoms. The summed E-state index contributed by atoms with van der Waals surface area (Å²) in [6.07, 6.45) is 7.66.